The average molecular weight is 344 g/mol. The molecule has 1 atom stereocenters. The highest BCUT2D eigenvalue weighted by atomic mass is 16.5. The van der Waals surface area contributed by atoms with Crippen LogP contribution in [0.2, 0.25) is 0 Å². The monoisotopic (exact) mass is 344 g/mol. The number of likely N-dealkylation sites (tertiary alicyclic amines) is 1. The Bertz CT molecular complexity index is 699. The number of furan rings is 1. The quantitative estimate of drug-likeness (QED) is 0.837. The second-order valence-electron chi connectivity index (χ2n) is 6.09. The number of benzene rings is 1. The van der Waals surface area contributed by atoms with Crippen LogP contribution < -0.4 is 14.8 Å². The van der Waals surface area contributed by atoms with Crippen molar-refractivity contribution in [3.8, 4) is 11.5 Å². The zero-order valence-corrected chi connectivity index (χ0v) is 14.7. The van der Waals surface area contributed by atoms with E-state index < -0.39 is 0 Å². The van der Waals surface area contributed by atoms with Gasteiger partial charge in [-0.05, 0) is 37.6 Å². The maximum Gasteiger partial charge on any atom is 0.234 e. The van der Waals surface area contributed by atoms with Crippen LogP contribution in [-0.4, -0.2) is 38.1 Å². The molecule has 1 saturated heterocycles. The van der Waals surface area contributed by atoms with Crippen molar-refractivity contribution in [3.63, 3.8) is 0 Å². The number of hydrogen-bond acceptors (Lipinski definition) is 5. The molecule has 2 aromatic rings. The van der Waals surface area contributed by atoms with Crippen molar-refractivity contribution in [1.29, 1.82) is 0 Å². The Morgan fingerprint density at radius 2 is 2.20 bits per heavy atom. The highest BCUT2D eigenvalue weighted by molar-refractivity contribution is 5.78. The predicted molar refractivity (Wildman–Crippen MR) is 93.6 cm³/mol. The first kappa shape index (κ1) is 17.4. The molecular formula is C19H24N2O4. The Balaban J connectivity index is 1.65. The summed E-state index contributed by atoms with van der Waals surface area (Å²) in [5.41, 5.74) is 1.10. The highest BCUT2D eigenvalue weighted by Crippen LogP contribution is 2.38. The van der Waals surface area contributed by atoms with Gasteiger partial charge in [0.2, 0.25) is 5.91 Å². The van der Waals surface area contributed by atoms with Gasteiger partial charge in [-0.2, -0.15) is 0 Å². The van der Waals surface area contributed by atoms with Crippen LogP contribution in [0.5, 0.6) is 11.5 Å². The lowest BCUT2D eigenvalue weighted by atomic mass is 10.0. The molecule has 0 aliphatic carbocycles. The summed E-state index contributed by atoms with van der Waals surface area (Å²) < 4.78 is 16.0. The highest BCUT2D eigenvalue weighted by Gasteiger charge is 2.29. The third-order valence-corrected chi connectivity index (χ3v) is 4.55. The molecule has 1 aliphatic heterocycles. The molecule has 0 spiro atoms. The maximum atomic E-state index is 12.3. The summed E-state index contributed by atoms with van der Waals surface area (Å²) in [7, 11) is 3.30. The van der Waals surface area contributed by atoms with Crippen LogP contribution in [0.4, 0.5) is 0 Å². The molecule has 3 rings (SSSR count). The zero-order valence-electron chi connectivity index (χ0n) is 14.7. The molecular weight excluding hydrogens is 320 g/mol. The van der Waals surface area contributed by atoms with E-state index >= 15 is 0 Å². The maximum absolute atomic E-state index is 12.3. The molecule has 0 saturated carbocycles. The Kier molecular flexibility index (Phi) is 5.60. The molecule has 1 aromatic heterocycles. The van der Waals surface area contributed by atoms with E-state index in [0.717, 1.165) is 42.2 Å². The van der Waals surface area contributed by atoms with Crippen molar-refractivity contribution in [1.82, 2.24) is 10.2 Å². The topological polar surface area (TPSA) is 63.9 Å². The van der Waals surface area contributed by atoms with Crippen molar-refractivity contribution in [2.75, 3.05) is 27.3 Å². The van der Waals surface area contributed by atoms with E-state index in [-0.39, 0.29) is 11.9 Å². The van der Waals surface area contributed by atoms with Gasteiger partial charge in [0.05, 0.1) is 33.6 Å². The number of nitrogens with zero attached hydrogens (tertiary/aromatic N) is 1. The normalized spacial score (nSPS) is 17.4. The zero-order chi connectivity index (χ0) is 17.6. The first-order valence-electron chi connectivity index (χ1n) is 8.46. The fraction of sp³-hybridized carbons (Fsp3) is 0.421. The Morgan fingerprint density at radius 1 is 1.32 bits per heavy atom. The lowest BCUT2D eigenvalue weighted by Gasteiger charge is -2.25. The summed E-state index contributed by atoms with van der Waals surface area (Å²) in [6, 6.07) is 9.69. The van der Waals surface area contributed by atoms with Crippen molar-refractivity contribution < 1.29 is 18.7 Å². The number of rotatable bonds is 7. The van der Waals surface area contributed by atoms with E-state index in [4.69, 9.17) is 13.9 Å². The van der Waals surface area contributed by atoms with E-state index in [1.165, 1.54) is 0 Å². The van der Waals surface area contributed by atoms with Gasteiger partial charge in [0.1, 0.15) is 17.3 Å². The first-order valence-corrected chi connectivity index (χ1v) is 8.46. The van der Waals surface area contributed by atoms with E-state index in [0.29, 0.717) is 13.1 Å². The van der Waals surface area contributed by atoms with Crippen LogP contribution in [-0.2, 0) is 11.3 Å². The SMILES string of the molecule is COc1ccc(C2CCCN2CC(=O)NCc2ccco2)c(OC)c1. The third-order valence-electron chi connectivity index (χ3n) is 4.55. The van der Waals surface area contributed by atoms with Crippen molar-refractivity contribution >= 4 is 5.91 Å². The van der Waals surface area contributed by atoms with E-state index in [1.54, 1.807) is 20.5 Å². The summed E-state index contributed by atoms with van der Waals surface area (Å²) in [6.45, 7) is 1.67. The van der Waals surface area contributed by atoms with Gasteiger partial charge in [-0.3, -0.25) is 9.69 Å². The molecule has 2 heterocycles. The van der Waals surface area contributed by atoms with Crippen LogP contribution in [0.25, 0.3) is 0 Å². The van der Waals surface area contributed by atoms with Crippen LogP contribution in [0.3, 0.4) is 0 Å². The number of amides is 1. The summed E-state index contributed by atoms with van der Waals surface area (Å²) in [5, 5.41) is 2.91. The minimum absolute atomic E-state index is 0.00391. The van der Waals surface area contributed by atoms with Gasteiger partial charge in [-0.25, -0.2) is 0 Å². The molecule has 1 amide bonds. The third kappa shape index (κ3) is 4.14. The molecule has 6 heteroatoms. The predicted octanol–water partition coefficient (Wildman–Crippen LogP) is 2.75. The van der Waals surface area contributed by atoms with Gasteiger partial charge in [0, 0.05) is 17.7 Å². The standard InChI is InChI=1S/C19H24N2O4/c1-23-14-7-8-16(18(11-14)24-2)17-6-3-9-21(17)13-19(22)20-12-15-5-4-10-25-15/h4-5,7-8,10-11,17H,3,6,9,12-13H2,1-2H3,(H,20,22). The molecule has 1 N–H and O–H groups in total. The van der Waals surface area contributed by atoms with Crippen LogP contribution >= 0.6 is 0 Å². The minimum Gasteiger partial charge on any atom is -0.497 e. The number of hydrogen-bond donors (Lipinski definition) is 1. The van der Waals surface area contributed by atoms with Crippen molar-refractivity contribution in [2.45, 2.75) is 25.4 Å². The number of carbonyl (C=O) groups excluding carboxylic acids is 1. The largest absolute Gasteiger partial charge is 0.497 e. The molecule has 134 valence electrons. The average Bonchev–Trinajstić information content (AvgIpc) is 3.31. The smallest absolute Gasteiger partial charge is 0.234 e. The van der Waals surface area contributed by atoms with Gasteiger partial charge >= 0.3 is 0 Å². The molecule has 6 nitrogen and oxygen atoms in total. The second kappa shape index (κ2) is 8.07. The first-order chi connectivity index (χ1) is 12.2. The number of methoxy groups -OCH3 is 2. The summed E-state index contributed by atoms with van der Waals surface area (Å²) in [4.78, 5) is 14.5. The number of carbonyl (C=O) groups is 1. The summed E-state index contributed by atoms with van der Waals surface area (Å²) in [5.74, 6) is 2.31. The van der Waals surface area contributed by atoms with Gasteiger partial charge < -0.3 is 19.2 Å². The van der Waals surface area contributed by atoms with Crippen molar-refractivity contribution in [2.24, 2.45) is 0 Å². The lowest BCUT2D eigenvalue weighted by molar-refractivity contribution is -0.122. The molecule has 1 aromatic carbocycles. The van der Waals surface area contributed by atoms with Gasteiger partial charge in [0.15, 0.2) is 0 Å². The summed E-state index contributed by atoms with van der Waals surface area (Å²) >= 11 is 0. The fourth-order valence-corrected chi connectivity index (χ4v) is 3.30. The number of nitrogens with one attached hydrogen (secondary N) is 1. The fourth-order valence-electron chi connectivity index (χ4n) is 3.30. The summed E-state index contributed by atoms with van der Waals surface area (Å²) in [6.07, 6.45) is 3.67. The second-order valence-corrected chi connectivity index (χ2v) is 6.09. The molecule has 0 radical (unpaired) electrons. The van der Waals surface area contributed by atoms with E-state index in [1.807, 2.05) is 30.3 Å². The van der Waals surface area contributed by atoms with Gasteiger partial charge in [-0.15, -0.1) is 0 Å². The van der Waals surface area contributed by atoms with Crippen molar-refractivity contribution in [3.05, 3.63) is 47.9 Å². The van der Waals surface area contributed by atoms with Gasteiger partial charge in [0.25, 0.3) is 0 Å². The Hall–Kier alpha value is -2.47. The van der Waals surface area contributed by atoms with E-state index in [9.17, 15) is 4.79 Å². The molecule has 1 unspecified atom stereocenters. The Morgan fingerprint density at radius 3 is 2.92 bits per heavy atom. The lowest BCUT2D eigenvalue weighted by Crippen LogP contribution is -2.36. The molecule has 1 fully saturated rings. The molecule has 25 heavy (non-hydrogen) atoms. The molecule has 0 bridgehead atoms. The van der Waals surface area contributed by atoms with Crippen LogP contribution in [0.15, 0.2) is 41.0 Å². The Labute approximate surface area is 147 Å². The van der Waals surface area contributed by atoms with Gasteiger partial charge in [-0.1, -0.05) is 6.07 Å². The molecule has 1 aliphatic rings. The van der Waals surface area contributed by atoms with Crippen LogP contribution in [0, 0.1) is 0 Å². The van der Waals surface area contributed by atoms with Crippen LogP contribution in [0.1, 0.15) is 30.2 Å². The minimum atomic E-state index is -0.00391. The number of ether oxygens (including phenoxy) is 2. The van der Waals surface area contributed by atoms with E-state index in [2.05, 4.69) is 10.2 Å².